The van der Waals surface area contributed by atoms with Crippen LogP contribution in [0.1, 0.15) is 31.2 Å². The Morgan fingerprint density at radius 1 is 1.33 bits per heavy atom. The molecule has 1 aliphatic heterocycles. The maximum atomic E-state index is 12.6. The monoisotopic (exact) mass is 372 g/mol. The molecule has 0 bridgehead atoms. The van der Waals surface area contributed by atoms with E-state index in [1.807, 2.05) is 30.3 Å². The summed E-state index contributed by atoms with van der Waals surface area (Å²) in [6.45, 7) is 1.95. The van der Waals surface area contributed by atoms with Crippen LogP contribution >= 0.6 is 0 Å². The number of rotatable bonds is 6. The molecule has 3 atom stereocenters. The van der Waals surface area contributed by atoms with Crippen LogP contribution in [0.4, 0.5) is 0 Å². The second kappa shape index (κ2) is 7.72. The number of ether oxygens (including phenoxy) is 2. The molecule has 1 saturated heterocycles. The number of nitrogens with zero attached hydrogens (tertiary/aromatic N) is 1. The topological polar surface area (TPSA) is 74.8 Å². The number of benzene rings is 1. The average Bonchev–Trinajstić information content (AvgIpc) is 3.05. The molecule has 0 spiro atoms. The number of aromatic amines is 1. The Morgan fingerprint density at radius 3 is 3.00 bits per heavy atom. The first-order chi connectivity index (χ1) is 13.1. The molecule has 2 aromatic rings. The van der Waals surface area contributed by atoms with Gasteiger partial charge in [-0.05, 0) is 43.2 Å². The average molecular weight is 372 g/mol. The highest BCUT2D eigenvalue weighted by molar-refractivity contribution is 5.78. The molecule has 0 amide bonds. The Hall–Kier alpha value is -1.73. The summed E-state index contributed by atoms with van der Waals surface area (Å²) in [5, 5.41) is 10.1. The lowest BCUT2D eigenvalue weighted by atomic mass is 9.79. The van der Waals surface area contributed by atoms with Crippen molar-refractivity contribution in [2.75, 3.05) is 26.9 Å². The highest BCUT2D eigenvalue weighted by Crippen LogP contribution is 2.43. The van der Waals surface area contributed by atoms with Crippen molar-refractivity contribution in [2.24, 2.45) is 0 Å². The second-order valence-electron chi connectivity index (χ2n) is 7.71. The molecule has 4 rings (SSSR count). The maximum absolute atomic E-state index is 12.6. The van der Waals surface area contributed by atoms with E-state index in [-0.39, 0.29) is 29.9 Å². The fraction of sp³-hybridized carbons (Fsp3) is 0.571. The van der Waals surface area contributed by atoms with E-state index >= 15 is 0 Å². The van der Waals surface area contributed by atoms with E-state index in [0.29, 0.717) is 13.2 Å². The van der Waals surface area contributed by atoms with Gasteiger partial charge in [0.05, 0.1) is 24.9 Å². The molecule has 2 heterocycles. The van der Waals surface area contributed by atoms with Crippen LogP contribution < -0.4 is 5.56 Å². The lowest BCUT2D eigenvalue weighted by Crippen LogP contribution is -2.52. The van der Waals surface area contributed by atoms with Gasteiger partial charge < -0.3 is 19.6 Å². The first kappa shape index (κ1) is 18.6. The minimum atomic E-state index is -0.150. The predicted molar refractivity (Wildman–Crippen MR) is 104 cm³/mol. The van der Waals surface area contributed by atoms with Gasteiger partial charge in [0.25, 0.3) is 5.56 Å². The standard InChI is InChI=1S/C21H28N2O4/c1-26-21-7-6-17(27-11-10-24)13-19(21)23(9-8-21)14-16-12-15-4-2-3-5-18(15)22-20(16)25/h2-5,12,17,19,24H,6-11,13-14H2,1H3,(H,22,25)/t17?,19?,21-/m1/s1. The first-order valence-corrected chi connectivity index (χ1v) is 9.78. The number of aliphatic hydroxyl groups is 1. The highest BCUT2D eigenvalue weighted by atomic mass is 16.5. The number of likely N-dealkylation sites (tertiary alicyclic amines) is 1. The van der Waals surface area contributed by atoms with Gasteiger partial charge in [-0.3, -0.25) is 9.69 Å². The van der Waals surface area contributed by atoms with Crippen molar-refractivity contribution in [3.8, 4) is 0 Å². The van der Waals surface area contributed by atoms with Gasteiger partial charge >= 0.3 is 0 Å². The molecule has 27 heavy (non-hydrogen) atoms. The molecule has 1 aromatic heterocycles. The molecule has 2 unspecified atom stereocenters. The molecular weight excluding hydrogens is 344 g/mol. The molecule has 6 heteroatoms. The van der Waals surface area contributed by atoms with E-state index in [0.717, 1.165) is 48.7 Å². The quantitative estimate of drug-likeness (QED) is 0.812. The number of pyridine rings is 1. The molecule has 6 nitrogen and oxygen atoms in total. The molecule has 1 aliphatic carbocycles. The van der Waals surface area contributed by atoms with Gasteiger partial charge in [0.2, 0.25) is 0 Å². The molecule has 1 aromatic carbocycles. The summed E-state index contributed by atoms with van der Waals surface area (Å²) in [4.78, 5) is 17.9. The van der Waals surface area contributed by atoms with E-state index in [2.05, 4.69) is 9.88 Å². The zero-order valence-corrected chi connectivity index (χ0v) is 15.8. The van der Waals surface area contributed by atoms with E-state index in [9.17, 15) is 4.79 Å². The largest absolute Gasteiger partial charge is 0.394 e. The van der Waals surface area contributed by atoms with Gasteiger partial charge in [-0.25, -0.2) is 0 Å². The van der Waals surface area contributed by atoms with Gasteiger partial charge in [-0.1, -0.05) is 18.2 Å². The van der Waals surface area contributed by atoms with Crippen LogP contribution in [0.15, 0.2) is 35.1 Å². The molecule has 2 N–H and O–H groups in total. The number of aromatic nitrogens is 1. The lowest BCUT2D eigenvalue weighted by molar-refractivity contribution is -0.104. The van der Waals surface area contributed by atoms with Crippen LogP contribution in [-0.2, 0) is 16.0 Å². The van der Waals surface area contributed by atoms with Crippen LogP contribution in [-0.4, -0.2) is 59.6 Å². The third-order valence-electron chi connectivity index (χ3n) is 6.30. The number of para-hydroxylation sites is 1. The SMILES string of the molecule is CO[C@@]12CCC(OCCO)CC1N(Cc1cc3ccccc3[nH]c1=O)CC2. The van der Waals surface area contributed by atoms with Gasteiger partial charge in [0, 0.05) is 37.3 Å². The summed E-state index contributed by atoms with van der Waals surface area (Å²) in [5.41, 5.74) is 1.49. The summed E-state index contributed by atoms with van der Waals surface area (Å²) in [6.07, 6.45) is 3.90. The smallest absolute Gasteiger partial charge is 0.252 e. The van der Waals surface area contributed by atoms with Crippen LogP contribution in [0.5, 0.6) is 0 Å². The first-order valence-electron chi connectivity index (χ1n) is 9.78. The Morgan fingerprint density at radius 2 is 2.19 bits per heavy atom. The molecular formula is C21H28N2O4. The van der Waals surface area contributed by atoms with Crippen molar-refractivity contribution in [3.63, 3.8) is 0 Å². The zero-order chi connectivity index (χ0) is 18.9. The van der Waals surface area contributed by atoms with Crippen molar-refractivity contribution in [2.45, 2.75) is 50.0 Å². The summed E-state index contributed by atoms with van der Waals surface area (Å²) in [5.74, 6) is 0. The number of hydrogen-bond acceptors (Lipinski definition) is 5. The zero-order valence-electron chi connectivity index (χ0n) is 15.8. The van der Waals surface area contributed by atoms with Gasteiger partial charge in [0.1, 0.15) is 0 Å². The van der Waals surface area contributed by atoms with Crippen LogP contribution in [0.2, 0.25) is 0 Å². The molecule has 0 radical (unpaired) electrons. The summed E-state index contributed by atoms with van der Waals surface area (Å²) < 4.78 is 11.8. The lowest BCUT2D eigenvalue weighted by Gasteiger charge is -2.43. The third-order valence-corrected chi connectivity index (χ3v) is 6.30. The van der Waals surface area contributed by atoms with Gasteiger partial charge in [-0.2, -0.15) is 0 Å². The van der Waals surface area contributed by atoms with Crippen molar-refractivity contribution in [3.05, 3.63) is 46.2 Å². The Bertz CT molecular complexity index is 851. The van der Waals surface area contributed by atoms with Crippen molar-refractivity contribution in [1.82, 2.24) is 9.88 Å². The van der Waals surface area contributed by atoms with E-state index in [1.54, 1.807) is 7.11 Å². The van der Waals surface area contributed by atoms with Crippen molar-refractivity contribution >= 4 is 10.9 Å². The Balaban J connectivity index is 1.56. The molecule has 2 aliphatic rings. The highest BCUT2D eigenvalue weighted by Gasteiger charge is 2.51. The van der Waals surface area contributed by atoms with Crippen LogP contribution in [0.25, 0.3) is 10.9 Å². The third kappa shape index (κ3) is 3.55. The summed E-state index contributed by atoms with van der Waals surface area (Å²) in [7, 11) is 1.80. The fourth-order valence-corrected chi connectivity index (χ4v) is 4.84. The number of fused-ring (bicyclic) bond motifs is 2. The van der Waals surface area contributed by atoms with E-state index < -0.39 is 0 Å². The van der Waals surface area contributed by atoms with E-state index in [1.165, 1.54) is 0 Å². The van der Waals surface area contributed by atoms with Gasteiger partial charge in [0.15, 0.2) is 0 Å². The minimum absolute atomic E-state index is 0.0208. The van der Waals surface area contributed by atoms with Crippen LogP contribution in [0, 0.1) is 0 Å². The predicted octanol–water partition coefficient (Wildman–Crippen LogP) is 2.05. The summed E-state index contributed by atoms with van der Waals surface area (Å²) >= 11 is 0. The number of aliphatic hydroxyl groups excluding tert-OH is 1. The normalized spacial score (nSPS) is 28.5. The summed E-state index contributed by atoms with van der Waals surface area (Å²) in [6, 6.07) is 10.1. The molecule has 146 valence electrons. The van der Waals surface area contributed by atoms with Crippen molar-refractivity contribution in [1.29, 1.82) is 0 Å². The minimum Gasteiger partial charge on any atom is -0.394 e. The second-order valence-corrected chi connectivity index (χ2v) is 7.71. The van der Waals surface area contributed by atoms with Crippen molar-refractivity contribution < 1.29 is 14.6 Å². The Kier molecular flexibility index (Phi) is 5.32. The molecule has 1 saturated carbocycles. The number of H-pyrrole nitrogens is 1. The fourth-order valence-electron chi connectivity index (χ4n) is 4.84. The number of nitrogens with one attached hydrogen (secondary N) is 1. The van der Waals surface area contributed by atoms with Gasteiger partial charge in [-0.15, -0.1) is 0 Å². The number of hydrogen-bond donors (Lipinski definition) is 2. The Labute approximate surface area is 159 Å². The number of methoxy groups -OCH3 is 1. The van der Waals surface area contributed by atoms with E-state index in [4.69, 9.17) is 14.6 Å². The molecule has 2 fully saturated rings. The maximum Gasteiger partial charge on any atom is 0.252 e. The van der Waals surface area contributed by atoms with Crippen LogP contribution in [0.3, 0.4) is 0 Å².